The maximum atomic E-state index is 12.1. The van der Waals surface area contributed by atoms with Gasteiger partial charge in [-0.25, -0.2) is 0 Å². The van der Waals surface area contributed by atoms with Crippen LogP contribution in [0.3, 0.4) is 0 Å². The summed E-state index contributed by atoms with van der Waals surface area (Å²) in [6.45, 7) is 9.41. The number of nitrogens with zero attached hydrogens (tertiary/aromatic N) is 2. The van der Waals surface area contributed by atoms with E-state index in [9.17, 15) is 4.79 Å². The van der Waals surface area contributed by atoms with E-state index in [0.29, 0.717) is 12.6 Å². The van der Waals surface area contributed by atoms with Crippen LogP contribution in [0.4, 0.5) is 0 Å². The highest BCUT2D eigenvalue weighted by atomic mass is 32.1. The summed E-state index contributed by atoms with van der Waals surface area (Å²) in [6.07, 6.45) is 1.07. The average molecular weight is 295 g/mol. The van der Waals surface area contributed by atoms with Crippen LogP contribution in [-0.4, -0.2) is 54.5 Å². The number of carbonyl (C=O) groups is 1. The van der Waals surface area contributed by atoms with Gasteiger partial charge in [0.15, 0.2) is 0 Å². The molecule has 0 atom stereocenters. The van der Waals surface area contributed by atoms with Gasteiger partial charge in [0.2, 0.25) is 5.91 Å². The van der Waals surface area contributed by atoms with E-state index in [2.05, 4.69) is 41.6 Å². The number of hydrogen-bond acceptors (Lipinski definition) is 4. The highest BCUT2D eigenvalue weighted by molar-refractivity contribution is 7.09. The minimum absolute atomic E-state index is 0.233. The lowest BCUT2D eigenvalue weighted by Crippen LogP contribution is -2.41. The van der Waals surface area contributed by atoms with Crippen LogP contribution in [-0.2, 0) is 11.3 Å². The standard InChI is InChI=1S/C15H25N3OS/c1-13(2)16-11-15(19)18-7-4-6-17(8-9-18)12-14-5-3-10-20-14/h3,5,10,13,16H,4,6-9,11-12H2,1-2H3. The van der Waals surface area contributed by atoms with Crippen LogP contribution < -0.4 is 5.32 Å². The lowest BCUT2D eigenvalue weighted by atomic mass is 10.3. The third kappa shape index (κ3) is 4.89. The number of carbonyl (C=O) groups excluding carboxylic acids is 1. The summed E-state index contributed by atoms with van der Waals surface area (Å²) < 4.78 is 0. The van der Waals surface area contributed by atoms with Gasteiger partial charge in [0.05, 0.1) is 6.54 Å². The first-order chi connectivity index (χ1) is 9.65. The molecule has 0 bridgehead atoms. The molecule has 1 aliphatic rings. The second kappa shape index (κ2) is 7.76. The van der Waals surface area contributed by atoms with Crippen molar-refractivity contribution in [3.8, 4) is 0 Å². The number of nitrogens with one attached hydrogen (secondary N) is 1. The highest BCUT2D eigenvalue weighted by Crippen LogP contribution is 2.13. The summed E-state index contributed by atoms with van der Waals surface area (Å²) in [6, 6.07) is 4.65. The third-order valence-electron chi connectivity index (χ3n) is 3.56. The van der Waals surface area contributed by atoms with Crippen LogP contribution in [0, 0.1) is 0 Å². The van der Waals surface area contributed by atoms with Gasteiger partial charge in [-0.1, -0.05) is 19.9 Å². The van der Waals surface area contributed by atoms with Crippen molar-refractivity contribution < 1.29 is 4.79 Å². The molecule has 2 heterocycles. The largest absolute Gasteiger partial charge is 0.340 e. The van der Waals surface area contributed by atoms with Crippen molar-refractivity contribution in [2.75, 3.05) is 32.7 Å². The number of thiophene rings is 1. The Hall–Kier alpha value is -0.910. The van der Waals surface area contributed by atoms with Crippen molar-refractivity contribution in [2.45, 2.75) is 32.9 Å². The van der Waals surface area contributed by atoms with E-state index in [0.717, 1.165) is 39.1 Å². The zero-order chi connectivity index (χ0) is 14.4. The smallest absolute Gasteiger partial charge is 0.236 e. The number of rotatable bonds is 5. The van der Waals surface area contributed by atoms with Crippen molar-refractivity contribution >= 4 is 17.2 Å². The molecule has 0 saturated carbocycles. The molecule has 0 aliphatic carbocycles. The van der Waals surface area contributed by atoms with Gasteiger partial charge >= 0.3 is 0 Å². The molecule has 1 saturated heterocycles. The first-order valence-electron chi connectivity index (χ1n) is 7.41. The molecule has 0 unspecified atom stereocenters. The first kappa shape index (κ1) is 15.5. The molecule has 2 rings (SSSR count). The van der Waals surface area contributed by atoms with Crippen LogP contribution in [0.25, 0.3) is 0 Å². The van der Waals surface area contributed by atoms with E-state index >= 15 is 0 Å². The normalized spacial score (nSPS) is 17.4. The molecule has 1 aromatic heterocycles. The van der Waals surface area contributed by atoms with Crippen molar-refractivity contribution in [1.82, 2.24) is 15.1 Å². The molecule has 5 heteroatoms. The monoisotopic (exact) mass is 295 g/mol. The molecule has 20 heavy (non-hydrogen) atoms. The van der Waals surface area contributed by atoms with Gasteiger partial charge in [-0.3, -0.25) is 9.69 Å². The average Bonchev–Trinajstić information content (AvgIpc) is 2.81. The lowest BCUT2D eigenvalue weighted by Gasteiger charge is -2.22. The molecule has 0 radical (unpaired) electrons. The molecule has 0 aromatic carbocycles. The van der Waals surface area contributed by atoms with Gasteiger partial charge < -0.3 is 10.2 Å². The fourth-order valence-electron chi connectivity index (χ4n) is 2.40. The summed E-state index contributed by atoms with van der Waals surface area (Å²) in [4.78, 5) is 18.0. The Balaban J connectivity index is 1.78. The number of hydrogen-bond donors (Lipinski definition) is 1. The molecular weight excluding hydrogens is 270 g/mol. The second-order valence-electron chi connectivity index (χ2n) is 5.63. The molecule has 1 N–H and O–H groups in total. The summed E-state index contributed by atoms with van der Waals surface area (Å²) >= 11 is 1.81. The zero-order valence-corrected chi connectivity index (χ0v) is 13.3. The second-order valence-corrected chi connectivity index (χ2v) is 6.66. The van der Waals surface area contributed by atoms with E-state index in [1.807, 2.05) is 16.2 Å². The maximum Gasteiger partial charge on any atom is 0.236 e. The Kier molecular flexibility index (Phi) is 6.01. The van der Waals surface area contributed by atoms with Gasteiger partial charge in [0.1, 0.15) is 0 Å². The van der Waals surface area contributed by atoms with Crippen LogP contribution in [0.2, 0.25) is 0 Å². The summed E-state index contributed by atoms with van der Waals surface area (Å²) in [7, 11) is 0. The van der Waals surface area contributed by atoms with Crippen LogP contribution in [0.15, 0.2) is 17.5 Å². The Morgan fingerprint density at radius 3 is 2.90 bits per heavy atom. The van der Waals surface area contributed by atoms with Crippen molar-refractivity contribution in [3.05, 3.63) is 22.4 Å². The summed E-state index contributed by atoms with van der Waals surface area (Å²) in [5.74, 6) is 0.233. The topological polar surface area (TPSA) is 35.6 Å². The fraction of sp³-hybridized carbons (Fsp3) is 0.667. The minimum atomic E-state index is 0.233. The van der Waals surface area contributed by atoms with Crippen molar-refractivity contribution in [2.24, 2.45) is 0 Å². The quantitative estimate of drug-likeness (QED) is 0.899. The van der Waals surface area contributed by atoms with Crippen molar-refractivity contribution in [1.29, 1.82) is 0 Å². The molecule has 112 valence electrons. The molecule has 4 nitrogen and oxygen atoms in total. The van der Waals surface area contributed by atoms with Gasteiger partial charge in [0, 0.05) is 43.6 Å². The zero-order valence-electron chi connectivity index (χ0n) is 12.5. The predicted molar refractivity (Wildman–Crippen MR) is 83.9 cm³/mol. The van der Waals surface area contributed by atoms with Gasteiger partial charge in [-0.05, 0) is 17.9 Å². The predicted octanol–water partition coefficient (Wildman–Crippen LogP) is 1.78. The fourth-order valence-corrected chi connectivity index (χ4v) is 3.15. The Labute approximate surface area is 125 Å². The van der Waals surface area contributed by atoms with E-state index in [-0.39, 0.29) is 5.91 Å². The van der Waals surface area contributed by atoms with E-state index in [1.54, 1.807) is 0 Å². The van der Waals surface area contributed by atoms with E-state index in [1.165, 1.54) is 4.88 Å². The lowest BCUT2D eigenvalue weighted by molar-refractivity contribution is -0.130. The molecule has 1 amide bonds. The Morgan fingerprint density at radius 1 is 1.35 bits per heavy atom. The molecule has 1 fully saturated rings. The number of amides is 1. The molecule has 0 spiro atoms. The van der Waals surface area contributed by atoms with Gasteiger partial charge in [-0.2, -0.15) is 0 Å². The van der Waals surface area contributed by atoms with Crippen LogP contribution >= 0.6 is 11.3 Å². The first-order valence-corrected chi connectivity index (χ1v) is 8.29. The molecular formula is C15H25N3OS. The van der Waals surface area contributed by atoms with E-state index in [4.69, 9.17) is 0 Å². The van der Waals surface area contributed by atoms with E-state index < -0.39 is 0 Å². The Bertz CT molecular complexity index is 405. The van der Waals surface area contributed by atoms with Gasteiger partial charge in [0.25, 0.3) is 0 Å². The molecule has 1 aliphatic heterocycles. The van der Waals surface area contributed by atoms with Gasteiger partial charge in [-0.15, -0.1) is 11.3 Å². The minimum Gasteiger partial charge on any atom is -0.340 e. The molecule has 1 aromatic rings. The SMILES string of the molecule is CC(C)NCC(=O)N1CCCN(Cc2cccs2)CC1. The summed E-state index contributed by atoms with van der Waals surface area (Å²) in [5.41, 5.74) is 0. The third-order valence-corrected chi connectivity index (χ3v) is 4.42. The van der Waals surface area contributed by atoms with Crippen LogP contribution in [0.5, 0.6) is 0 Å². The Morgan fingerprint density at radius 2 is 2.20 bits per heavy atom. The van der Waals surface area contributed by atoms with Crippen molar-refractivity contribution in [3.63, 3.8) is 0 Å². The summed E-state index contributed by atoms with van der Waals surface area (Å²) in [5, 5.41) is 5.33. The van der Waals surface area contributed by atoms with Crippen LogP contribution in [0.1, 0.15) is 25.1 Å². The highest BCUT2D eigenvalue weighted by Gasteiger charge is 2.19. The maximum absolute atomic E-state index is 12.1.